The summed E-state index contributed by atoms with van der Waals surface area (Å²) in [6.07, 6.45) is 13.0. The summed E-state index contributed by atoms with van der Waals surface area (Å²) < 4.78 is 10.9. The molecule has 1 amide bonds. The lowest BCUT2D eigenvalue weighted by Gasteiger charge is -2.72. The van der Waals surface area contributed by atoms with Crippen molar-refractivity contribution in [3.63, 3.8) is 0 Å². The smallest absolute Gasteiger partial charge is 0.226 e. The number of amides is 1. The number of nitrogens with one attached hydrogen (secondary N) is 1. The normalized spacial score (nSPS) is 43.1. The van der Waals surface area contributed by atoms with Gasteiger partial charge in [0.25, 0.3) is 0 Å². The third kappa shape index (κ3) is 4.72. The fraction of sp³-hybridized carbons (Fsp3) is 0.707. The molecule has 7 heteroatoms. The van der Waals surface area contributed by atoms with Crippen LogP contribution in [0.25, 0.3) is 11.3 Å². The third-order valence-electron chi connectivity index (χ3n) is 16.0. The number of allylic oxidation sites excluding steroid dienone is 2. The van der Waals surface area contributed by atoms with E-state index in [0.717, 1.165) is 55.5 Å². The van der Waals surface area contributed by atoms with Crippen LogP contribution in [0.15, 0.2) is 46.5 Å². The van der Waals surface area contributed by atoms with Crippen LogP contribution in [0, 0.1) is 50.2 Å². The number of rotatable bonds is 5. The lowest BCUT2D eigenvalue weighted by molar-refractivity contribution is -0.233. The number of nitrogens with zero attached hydrogens (tertiary/aromatic N) is 1. The van der Waals surface area contributed by atoms with Crippen LogP contribution < -0.4 is 15.8 Å². The maximum atomic E-state index is 14.0. The summed E-state index contributed by atoms with van der Waals surface area (Å²) >= 11 is 0. The minimum atomic E-state index is -1.11. The van der Waals surface area contributed by atoms with Crippen LogP contribution in [0.1, 0.15) is 118 Å². The van der Waals surface area contributed by atoms with E-state index in [9.17, 15) is 9.90 Å². The van der Waals surface area contributed by atoms with Crippen molar-refractivity contribution in [3.8, 4) is 17.0 Å². The van der Waals surface area contributed by atoms with E-state index in [4.69, 9.17) is 15.0 Å². The first-order chi connectivity index (χ1) is 22.4. The Kier molecular flexibility index (Phi) is 7.70. The number of aliphatic hydroxyl groups is 1. The maximum Gasteiger partial charge on any atom is 0.226 e. The topological polar surface area (TPSA) is 111 Å². The predicted octanol–water partition coefficient (Wildman–Crippen LogP) is 8.42. The molecule has 1 heterocycles. The number of carbonyl (C=O) groups is 1. The fourth-order valence-corrected chi connectivity index (χ4v) is 12.2. The highest BCUT2D eigenvalue weighted by molar-refractivity contribution is 5.82. The molecule has 9 atom stereocenters. The van der Waals surface area contributed by atoms with Crippen LogP contribution in [0.5, 0.6) is 5.75 Å². The molecule has 0 saturated heterocycles. The molecule has 5 aliphatic carbocycles. The molecule has 0 spiro atoms. The number of fused-ring (bicyclic) bond motifs is 7. The molecule has 4 saturated carbocycles. The van der Waals surface area contributed by atoms with Gasteiger partial charge in [0.1, 0.15) is 17.2 Å². The second kappa shape index (κ2) is 10.9. The number of hydrogen-bond donors (Lipinski definition) is 3. The van der Waals surface area contributed by atoms with Crippen LogP contribution in [0.4, 0.5) is 0 Å². The molecular weight excluding hydrogens is 598 g/mol. The van der Waals surface area contributed by atoms with Gasteiger partial charge in [-0.3, -0.25) is 4.79 Å². The number of hydrogen-bond acceptors (Lipinski definition) is 6. The molecule has 262 valence electrons. The quantitative estimate of drug-likeness (QED) is 0.220. The van der Waals surface area contributed by atoms with E-state index < -0.39 is 11.1 Å². The van der Waals surface area contributed by atoms with Gasteiger partial charge in [0.15, 0.2) is 5.76 Å². The Balaban J connectivity index is 1.11. The molecule has 0 aliphatic heterocycles. The average Bonchev–Trinajstić information content (AvgIpc) is 3.52. The SMILES string of the molecule is COc1ccc(-c2cc(CNC(=O)[C@@]3(C)CC[C@]4(C)CC[C@]5(C)C(=CC[C@@H]6[C@@]7(C)CC[C@](N)(O)C(C)(C)C7CC[C@]65C)[C@H]4C3)on2)cc1. The number of carbonyl (C=O) groups excluding carboxylic acids is 1. The van der Waals surface area contributed by atoms with Gasteiger partial charge in [0.05, 0.1) is 13.7 Å². The Hall–Kier alpha value is -2.64. The first-order valence-corrected chi connectivity index (χ1v) is 18.5. The molecule has 4 fully saturated rings. The zero-order valence-electron chi connectivity index (χ0n) is 30.7. The molecule has 1 aromatic carbocycles. The molecule has 7 nitrogen and oxygen atoms in total. The number of nitrogens with two attached hydrogens (primary N) is 1. The first kappa shape index (κ1) is 33.8. The lowest BCUT2D eigenvalue weighted by Crippen LogP contribution is -2.69. The van der Waals surface area contributed by atoms with Gasteiger partial charge in [0, 0.05) is 22.5 Å². The van der Waals surface area contributed by atoms with Crippen molar-refractivity contribution < 1.29 is 19.2 Å². The Bertz CT molecular complexity index is 1610. The molecule has 1 aromatic heterocycles. The van der Waals surface area contributed by atoms with Gasteiger partial charge in [-0.05, 0) is 128 Å². The van der Waals surface area contributed by atoms with Gasteiger partial charge in [-0.25, -0.2) is 0 Å². The third-order valence-corrected chi connectivity index (χ3v) is 16.0. The van der Waals surface area contributed by atoms with Crippen LogP contribution in [-0.2, 0) is 11.3 Å². The summed E-state index contributed by atoms with van der Waals surface area (Å²) in [5, 5.41) is 18.8. The number of methoxy groups -OCH3 is 1. The van der Waals surface area contributed by atoms with Crippen molar-refractivity contribution in [1.29, 1.82) is 0 Å². The summed E-state index contributed by atoms with van der Waals surface area (Å²) in [5.41, 5.74) is 8.67. The van der Waals surface area contributed by atoms with Crippen molar-refractivity contribution in [2.45, 2.75) is 125 Å². The summed E-state index contributed by atoms with van der Waals surface area (Å²) in [4.78, 5) is 14.0. The molecular formula is C41H59N3O4. The second-order valence-corrected chi connectivity index (χ2v) is 18.5. The van der Waals surface area contributed by atoms with Crippen LogP contribution in [-0.4, -0.2) is 29.0 Å². The van der Waals surface area contributed by atoms with Crippen molar-refractivity contribution in [2.24, 2.45) is 56.0 Å². The van der Waals surface area contributed by atoms with E-state index in [1.807, 2.05) is 30.3 Å². The number of ether oxygens (including phenoxy) is 1. The van der Waals surface area contributed by atoms with E-state index in [2.05, 4.69) is 65.0 Å². The summed E-state index contributed by atoms with van der Waals surface area (Å²) in [6.45, 7) is 17.2. The standard InChI is InChI=1S/C41H59N3O4/c1-35(2)32-15-16-40(7)33(38(32,5)20-22-41(35,42)46)14-13-29-30-24-37(4,18-17-36(30,3)19-21-39(29,40)6)34(45)43-25-28-23-31(44-48-28)26-9-11-27(47-8)12-10-26/h9-13,23,30,32-33,46H,14-22,24-25,42H2,1-8H3,(H,43,45)/t30-,32?,33-,36-,37+,38+,39-,40-,41+/m1/s1. The molecule has 48 heavy (non-hydrogen) atoms. The maximum absolute atomic E-state index is 14.0. The second-order valence-electron chi connectivity index (χ2n) is 18.5. The number of aromatic nitrogens is 1. The molecule has 4 N–H and O–H groups in total. The minimum absolute atomic E-state index is 0.0983. The van der Waals surface area contributed by atoms with Gasteiger partial charge < -0.3 is 25.4 Å². The number of benzene rings is 1. The van der Waals surface area contributed by atoms with Crippen LogP contribution in [0.3, 0.4) is 0 Å². The van der Waals surface area contributed by atoms with E-state index in [0.29, 0.717) is 36.5 Å². The van der Waals surface area contributed by atoms with Crippen molar-refractivity contribution >= 4 is 5.91 Å². The highest BCUT2D eigenvalue weighted by atomic mass is 16.5. The Morgan fingerprint density at radius 3 is 2.40 bits per heavy atom. The van der Waals surface area contributed by atoms with E-state index in [-0.39, 0.29) is 33.0 Å². The molecule has 5 aliphatic rings. The summed E-state index contributed by atoms with van der Waals surface area (Å²) in [5.74, 6) is 2.92. The minimum Gasteiger partial charge on any atom is -0.497 e. The summed E-state index contributed by atoms with van der Waals surface area (Å²) in [6, 6.07) is 9.65. The van der Waals surface area contributed by atoms with Crippen molar-refractivity contribution in [2.75, 3.05) is 7.11 Å². The van der Waals surface area contributed by atoms with Gasteiger partial charge in [-0.2, -0.15) is 0 Å². The van der Waals surface area contributed by atoms with Crippen molar-refractivity contribution in [1.82, 2.24) is 10.5 Å². The first-order valence-electron chi connectivity index (χ1n) is 18.5. The Morgan fingerprint density at radius 1 is 0.979 bits per heavy atom. The van der Waals surface area contributed by atoms with Gasteiger partial charge in [0.2, 0.25) is 5.91 Å². The largest absolute Gasteiger partial charge is 0.497 e. The van der Waals surface area contributed by atoms with Gasteiger partial charge in [-0.15, -0.1) is 0 Å². The predicted molar refractivity (Wildman–Crippen MR) is 189 cm³/mol. The average molecular weight is 658 g/mol. The van der Waals surface area contributed by atoms with Gasteiger partial charge in [-0.1, -0.05) is 65.3 Å². The molecule has 1 unspecified atom stereocenters. The zero-order valence-corrected chi connectivity index (χ0v) is 30.7. The van der Waals surface area contributed by atoms with Gasteiger partial charge >= 0.3 is 0 Å². The van der Waals surface area contributed by atoms with Crippen LogP contribution >= 0.6 is 0 Å². The van der Waals surface area contributed by atoms with Crippen molar-refractivity contribution in [3.05, 3.63) is 47.7 Å². The highest BCUT2D eigenvalue weighted by Crippen LogP contribution is 2.76. The Morgan fingerprint density at radius 2 is 1.69 bits per heavy atom. The van der Waals surface area contributed by atoms with E-state index in [1.54, 1.807) is 12.7 Å². The molecule has 7 rings (SSSR count). The zero-order chi connectivity index (χ0) is 34.5. The molecule has 0 radical (unpaired) electrons. The monoisotopic (exact) mass is 657 g/mol. The fourth-order valence-electron chi connectivity index (χ4n) is 12.2. The molecule has 2 aromatic rings. The molecule has 0 bridgehead atoms. The van der Waals surface area contributed by atoms with Crippen LogP contribution in [0.2, 0.25) is 0 Å². The Labute approximate surface area is 287 Å². The lowest BCUT2D eigenvalue weighted by atomic mass is 9.33. The summed E-state index contributed by atoms with van der Waals surface area (Å²) in [7, 11) is 1.65. The van der Waals surface area contributed by atoms with E-state index in [1.165, 1.54) is 19.3 Å². The van der Waals surface area contributed by atoms with E-state index >= 15 is 0 Å². The highest BCUT2D eigenvalue weighted by Gasteiger charge is 2.69.